The molecule has 0 saturated carbocycles. The van der Waals surface area contributed by atoms with Crippen molar-refractivity contribution in [2.45, 2.75) is 0 Å². The third-order valence-corrected chi connectivity index (χ3v) is 4.33. The fraction of sp³-hybridized carbons (Fsp3) is 0. The molecule has 29 heavy (non-hydrogen) atoms. The topological polar surface area (TPSA) is 152 Å². The number of rotatable bonds is 4. The van der Waals surface area contributed by atoms with Crippen LogP contribution in [0.5, 0.6) is 0 Å². The van der Waals surface area contributed by atoms with Crippen LogP contribution in [0.1, 0.15) is 10.4 Å². The number of aromatic amines is 1. The summed E-state index contributed by atoms with van der Waals surface area (Å²) in [6.07, 6.45) is 1.60. The molecule has 0 bridgehead atoms. The molecule has 0 fully saturated rings. The van der Waals surface area contributed by atoms with Gasteiger partial charge >= 0.3 is 6.03 Å². The molecule has 2 heterocycles. The average Bonchev–Trinajstić information content (AvgIpc) is 3.08. The number of amides is 3. The number of nitrogens with one attached hydrogen (secondary N) is 3. The number of nitrogen functional groups attached to an aromatic ring is 1. The molecule has 144 valence electrons. The van der Waals surface area contributed by atoms with E-state index in [9.17, 15) is 9.59 Å². The van der Waals surface area contributed by atoms with Crippen LogP contribution in [-0.2, 0) is 0 Å². The zero-order valence-electron chi connectivity index (χ0n) is 15.1. The minimum absolute atomic E-state index is 0.303. The van der Waals surface area contributed by atoms with E-state index in [1.165, 1.54) is 6.07 Å². The number of carbonyl (C=O) groups is 2. The molecule has 2 aromatic carbocycles. The number of urea groups is 1. The van der Waals surface area contributed by atoms with Crippen LogP contribution in [0.4, 0.5) is 22.1 Å². The number of primary amides is 1. The molecule has 0 radical (unpaired) electrons. The van der Waals surface area contributed by atoms with Crippen LogP contribution >= 0.6 is 0 Å². The highest BCUT2D eigenvalue weighted by molar-refractivity contribution is 6.01. The second-order valence-corrected chi connectivity index (χ2v) is 6.32. The largest absolute Gasteiger partial charge is 0.382 e. The van der Waals surface area contributed by atoms with Gasteiger partial charge in [-0.3, -0.25) is 15.2 Å². The van der Waals surface area contributed by atoms with Crippen molar-refractivity contribution >= 4 is 40.2 Å². The van der Waals surface area contributed by atoms with Gasteiger partial charge in [-0.15, -0.1) is 0 Å². The molecule has 0 unspecified atom stereocenters. The Labute approximate surface area is 165 Å². The third-order valence-electron chi connectivity index (χ3n) is 4.33. The molecule has 0 atom stereocenters. The third kappa shape index (κ3) is 3.83. The summed E-state index contributed by atoms with van der Waals surface area (Å²) in [4.78, 5) is 27.7. The number of nitrogens with two attached hydrogens (primary N) is 2. The summed E-state index contributed by atoms with van der Waals surface area (Å²) in [5.41, 5.74) is 14.5. The minimum Gasteiger partial charge on any atom is -0.382 e. The molecule has 4 rings (SSSR count). The molecule has 0 spiro atoms. The maximum Gasteiger partial charge on any atom is 0.324 e. The van der Waals surface area contributed by atoms with Crippen molar-refractivity contribution in [3.63, 3.8) is 0 Å². The number of anilines is 3. The van der Waals surface area contributed by atoms with E-state index >= 15 is 0 Å². The summed E-state index contributed by atoms with van der Waals surface area (Å²) in [6, 6.07) is 15.2. The van der Waals surface area contributed by atoms with Crippen LogP contribution in [0.2, 0.25) is 0 Å². The van der Waals surface area contributed by atoms with E-state index in [1.54, 1.807) is 30.5 Å². The monoisotopic (exact) mass is 387 g/mol. The molecule has 7 N–H and O–H groups in total. The van der Waals surface area contributed by atoms with Crippen molar-refractivity contribution in [3.8, 4) is 11.1 Å². The average molecular weight is 387 g/mol. The van der Waals surface area contributed by atoms with Crippen LogP contribution < -0.4 is 22.1 Å². The molecule has 4 aromatic rings. The summed E-state index contributed by atoms with van der Waals surface area (Å²) >= 11 is 0. The van der Waals surface area contributed by atoms with Gasteiger partial charge in [0, 0.05) is 22.8 Å². The Bertz CT molecular complexity index is 1230. The number of hydrogen-bond donors (Lipinski definition) is 5. The van der Waals surface area contributed by atoms with Gasteiger partial charge in [-0.05, 0) is 53.6 Å². The van der Waals surface area contributed by atoms with E-state index in [0.29, 0.717) is 22.9 Å². The van der Waals surface area contributed by atoms with E-state index in [2.05, 4.69) is 25.8 Å². The van der Waals surface area contributed by atoms with Crippen molar-refractivity contribution in [2.75, 3.05) is 16.4 Å². The fourth-order valence-electron chi connectivity index (χ4n) is 2.92. The Balaban J connectivity index is 1.52. The molecule has 3 amide bonds. The predicted molar refractivity (Wildman–Crippen MR) is 111 cm³/mol. The Hall–Kier alpha value is -4.40. The highest BCUT2D eigenvalue weighted by Gasteiger charge is 2.09. The summed E-state index contributed by atoms with van der Waals surface area (Å²) in [6.45, 7) is 0. The first-order valence-corrected chi connectivity index (χ1v) is 8.67. The maximum atomic E-state index is 12.3. The van der Waals surface area contributed by atoms with Crippen molar-refractivity contribution in [2.24, 2.45) is 5.73 Å². The molecule has 0 aliphatic rings. The molecular weight excluding hydrogens is 370 g/mol. The number of benzene rings is 2. The van der Waals surface area contributed by atoms with Gasteiger partial charge in [0.1, 0.15) is 5.82 Å². The van der Waals surface area contributed by atoms with Gasteiger partial charge in [-0.2, -0.15) is 5.10 Å². The van der Waals surface area contributed by atoms with Crippen LogP contribution in [0.25, 0.3) is 22.0 Å². The zero-order chi connectivity index (χ0) is 20.4. The van der Waals surface area contributed by atoms with E-state index < -0.39 is 11.9 Å². The van der Waals surface area contributed by atoms with Crippen LogP contribution in [0.15, 0.2) is 60.8 Å². The van der Waals surface area contributed by atoms with Crippen molar-refractivity contribution in [1.82, 2.24) is 15.2 Å². The van der Waals surface area contributed by atoms with Gasteiger partial charge in [0.2, 0.25) is 5.91 Å². The van der Waals surface area contributed by atoms with E-state index in [0.717, 1.165) is 22.0 Å². The number of H-pyrrole nitrogens is 1. The predicted octanol–water partition coefficient (Wildman–Crippen LogP) is 2.95. The van der Waals surface area contributed by atoms with E-state index in [-0.39, 0.29) is 0 Å². The first-order chi connectivity index (χ1) is 14.0. The number of hydrogen-bond acceptors (Lipinski definition) is 5. The second-order valence-electron chi connectivity index (χ2n) is 6.32. The second kappa shape index (κ2) is 7.31. The van der Waals surface area contributed by atoms with E-state index in [4.69, 9.17) is 11.5 Å². The maximum absolute atomic E-state index is 12.3. The van der Waals surface area contributed by atoms with Crippen molar-refractivity contribution < 1.29 is 9.59 Å². The quantitative estimate of drug-likeness (QED) is 0.364. The lowest BCUT2D eigenvalue weighted by Gasteiger charge is -2.09. The first-order valence-electron chi connectivity index (χ1n) is 8.67. The molecule has 0 aliphatic carbocycles. The lowest BCUT2D eigenvalue weighted by molar-refractivity contribution is 0.100. The lowest BCUT2D eigenvalue weighted by atomic mass is 10.0. The summed E-state index contributed by atoms with van der Waals surface area (Å²) in [7, 11) is 0. The Morgan fingerprint density at radius 2 is 1.79 bits per heavy atom. The standard InChI is InChI=1S/C20H17N7O2/c21-18-15-9-11(4-5-16(15)26-27-18)12-6-7-23-17(10-12)25-20(29)24-14-3-1-2-13(8-14)19(22)28/h1-10H,(H2,22,28)(H3,21,26,27)(H2,23,24,25,29). The Morgan fingerprint density at radius 3 is 2.62 bits per heavy atom. The number of pyridine rings is 1. The minimum atomic E-state index is -0.571. The number of carbonyl (C=O) groups excluding carboxylic acids is 2. The first kappa shape index (κ1) is 18.0. The SMILES string of the molecule is NC(=O)c1cccc(NC(=O)Nc2cc(-c3ccc4[nH]nc(N)c4c3)ccn2)c1. The number of fused-ring (bicyclic) bond motifs is 1. The van der Waals surface area contributed by atoms with Gasteiger partial charge in [-0.25, -0.2) is 9.78 Å². The number of aromatic nitrogens is 3. The van der Waals surface area contributed by atoms with Crippen molar-refractivity contribution in [1.29, 1.82) is 0 Å². The van der Waals surface area contributed by atoms with Gasteiger partial charge in [-0.1, -0.05) is 12.1 Å². The fourth-order valence-corrected chi connectivity index (χ4v) is 2.92. The van der Waals surface area contributed by atoms with Gasteiger partial charge in [0.15, 0.2) is 5.82 Å². The summed E-state index contributed by atoms with van der Waals surface area (Å²) in [5, 5.41) is 13.0. The van der Waals surface area contributed by atoms with Crippen LogP contribution in [0.3, 0.4) is 0 Å². The number of nitrogens with zero attached hydrogens (tertiary/aromatic N) is 2. The normalized spacial score (nSPS) is 10.6. The zero-order valence-corrected chi connectivity index (χ0v) is 15.1. The van der Waals surface area contributed by atoms with Gasteiger partial charge in [0.05, 0.1) is 5.52 Å². The highest BCUT2D eigenvalue weighted by Crippen LogP contribution is 2.27. The van der Waals surface area contributed by atoms with Crippen molar-refractivity contribution in [3.05, 3.63) is 66.4 Å². The van der Waals surface area contributed by atoms with E-state index in [1.807, 2.05) is 24.3 Å². The lowest BCUT2D eigenvalue weighted by Crippen LogP contribution is -2.20. The molecule has 0 aliphatic heterocycles. The molecule has 9 nitrogen and oxygen atoms in total. The van der Waals surface area contributed by atoms with Gasteiger partial charge in [0.25, 0.3) is 0 Å². The molecular formula is C20H17N7O2. The van der Waals surface area contributed by atoms with Crippen LogP contribution in [-0.4, -0.2) is 27.1 Å². The van der Waals surface area contributed by atoms with Crippen LogP contribution in [0, 0.1) is 0 Å². The summed E-state index contributed by atoms with van der Waals surface area (Å²) in [5.74, 6) is 0.219. The Kier molecular flexibility index (Phi) is 4.54. The van der Waals surface area contributed by atoms with Gasteiger partial charge < -0.3 is 16.8 Å². The highest BCUT2D eigenvalue weighted by atomic mass is 16.2. The molecule has 0 saturated heterocycles. The smallest absolute Gasteiger partial charge is 0.324 e. The molecule has 2 aromatic heterocycles. The summed E-state index contributed by atoms with van der Waals surface area (Å²) < 4.78 is 0. The Morgan fingerprint density at radius 1 is 0.966 bits per heavy atom. The molecule has 9 heteroatoms.